The van der Waals surface area contributed by atoms with Crippen LogP contribution in [0, 0.1) is 0 Å². The molecule has 150 valence electrons. The van der Waals surface area contributed by atoms with Crippen molar-refractivity contribution in [2.24, 2.45) is 0 Å². The van der Waals surface area contributed by atoms with Crippen LogP contribution in [-0.4, -0.2) is 40.4 Å². The molecule has 29 heavy (non-hydrogen) atoms. The summed E-state index contributed by atoms with van der Waals surface area (Å²) in [5, 5.41) is 5.18. The topological polar surface area (TPSA) is 54.3 Å². The molecule has 0 unspecified atom stereocenters. The number of nitrogens with one attached hydrogen (secondary N) is 1. The molecule has 1 atom stereocenters. The molecular weight excluding hydrogens is 382 g/mol. The molecule has 0 bridgehead atoms. The van der Waals surface area contributed by atoms with Crippen LogP contribution in [0.15, 0.2) is 66.2 Å². The lowest BCUT2D eigenvalue weighted by molar-refractivity contribution is -0.131. The Balaban J connectivity index is 1.35. The highest BCUT2D eigenvalue weighted by Gasteiger charge is 2.25. The number of likely N-dealkylation sites (tertiary alicyclic amines) is 1. The second kappa shape index (κ2) is 9.09. The number of rotatable bonds is 6. The minimum absolute atomic E-state index is 0.0129. The van der Waals surface area contributed by atoms with Gasteiger partial charge < -0.3 is 14.8 Å². The molecule has 1 aliphatic rings. The molecule has 0 saturated carbocycles. The molecule has 2 aromatic heterocycles. The first-order chi connectivity index (χ1) is 14.2. The highest BCUT2D eigenvalue weighted by Crippen LogP contribution is 2.15. The lowest BCUT2D eigenvalue weighted by Crippen LogP contribution is -2.50. The smallest absolute Gasteiger partial charge is 0.268 e. The zero-order chi connectivity index (χ0) is 20.1. The Hall–Kier alpha value is -2.86. The number of aromatic nitrogens is 1. The van der Waals surface area contributed by atoms with Gasteiger partial charge >= 0.3 is 0 Å². The van der Waals surface area contributed by atoms with Gasteiger partial charge in [-0.1, -0.05) is 36.4 Å². The first-order valence-corrected chi connectivity index (χ1v) is 10.9. The number of thiophene rings is 1. The average molecular weight is 408 g/mol. The van der Waals surface area contributed by atoms with Crippen molar-refractivity contribution in [2.45, 2.75) is 31.8 Å². The molecule has 5 nitrogen and oxygen atoms in total. The molecule has 1 aliphatic heterocycles. The van der Waals surface area contributed by atoms with Crippen molar-refractivity contribution in [1.82, 2.24) is 14.8 Å². The van der Waals surface area contributed by atoms with E-state index in [1.54, 1.807) is 11.3 Å². The molecule has 0 aliphatic carbocycles. The zero-order valence-corrected chi connectivity index (χ0v) is 17.1. The summed E-state index contributed by atoms with van der Waals surface area (Å²) in [6, 6.07) is 17.6. The van der Waals surface area contributed by atoms with Crippen LogP contribution in [0.3, 0.4) is 0 Å². The minimum Gasteiger partial charge on any atom is -0.346 e. The van der Waals surface area contributed by atoms with E-state index in [-0.39, 0.29) is 17.9 Å². The van der Waals surface area contributed by atoms with E-state index in [1.165, 1.54) is 4.88 Å². The third-order valence-electron chi connectivity index (χ3n) is 5.28. The first-order valence-electron chi connectivity index (χ1n) is 9.99. The Morgan fingerprint density at radius 1 is 1.07 bits per heavy atom. The molecule has 2 amide bonds. The molecule has 1 aromatic carbocycles. The predicted octanol–water partition coefficient (Wildman–Crippen LogP) is 3.56. The van der Waals surface area contributed by atoms with Gasteiger partial charge in [-0.3, -0.25) is 9.59 Å². The Morgan fingerprint density at radius 3 is 2.72 bits per heavy atom. The van der Waals surface area contributed by atoms with Gasteiger partial charge in [-0.25, -0.2) is 0 Å². The van der Waals surface area contributed by atoms with E-state index in [0.717, 1.165) is 24.9 Å². The van der Waals surface area contributed by atoms with E-state index >= 15 is 0 Å². The number of hydrogen-bond acceptors (Lipinski definition) is 3. The third-order valence-corrected chi connectivity index (χ3v) is 6.14. The van der Waals surface area contributed by atoms with Crippen LogP contribution < -0.4 is 5.32 Å². The van der Waals surface area contributed by atoms with E-state index < -0.39 is 0 Å². The molecule has 6 heteroatoms. The van der Waals surface area contributed by atoms with Crippen LogP contribution in [0.2, 0.25) is 0 Å². The average Bonchev–Trinajstić information content (AvgIpc) is 3.41. The fourth-order valence-electron chi connectivity index (χ4n) is 3.79. The van der Waals surface area contributed by atoms with Gasteiger partial charge in [-0.15, -0.1) is 11.3 Å². The first kappa shape index (κ1) is 19.5. The molecule has 0 radical (unpaired) electrons. The van der Waals surface area contributed by atoms with Crippen molar-refractivity contribution >= 4 is 23.2 Å². The molecular formula is C23H25N3O2S. The van der Waals surface area contributed by atoms with Gasteiger partial charge in [0.2, 0.25) is 5.91 Å². The van der Waals surface area contributed by atoms with Gasteiger partial charge in [-0.05, 0) is 42.0 Å². The van der Waals surface area contributed by atoms with Crippen LogP contribution in [0.25, 0.3) is 0 Å². The van der Waals surface area contributed by atoms with Crippen LogP contribution in [0.5, 0.6) is 0 Å². The minimum atomic E-state index is -0.0751. The largest absolute Gasteiger partial charge is 0.346 e. The second-order valence-electron chi connectivity index (χ2n) is 7.42. The van der Waals surface area contributed by atoms with Crippen molar-refractivity contribution in [1.29, 1.82) is 0 Å². The van der Waals surface area contributed by atoms with Crippen molar-refractivity contribution in [3.8, 4) is 0 Å². The van der Waals surface area contributed by atoms with Crippen molar-refractivity contribution < 1.29 is 9.59 Å². The van der Waals surface area contributed by atoms with E-state index in [1.807, 2.05) is 69.6 Å². The molecule has 0 spiro atoms. The van der Waals surface area contributed by atoms with Crippen LogP contribution in [0.1, 0.15) is 33.8 Å². The quantitative estimate of drug-likeness (QED) is 0.679. The van der Waals surface area contributed by atoms with Crippen LogP contribution >= 0.6 is 11.3 Å². The van der Waals surface area contributed by atoms with E-state index in [0.29, 0.717) is 25.2 Å². The second-order valence-corrected chi connectivity index (χ2v) is 8.45. The molecule has 4 rings (SSSR count). The monoisotopic (exact) mass is 407 g/mol. The number of carbonyl (C=O) groups is 2. The highest BCUT2D eigenvalue weighted by molar-refractivity contribution is 7.09. The molecule has 3 heterocycles. The summed E-state index contributed by atoms with van der Waals surface area (Å²) in [4.78, 5) is 28.6. The molecule has 1 N–H and O–H groups in total. The predicted molar refractivity (Wildman–Crippen MR) is 115 cm³/mol. The lowest BCUT2D eigenvalue weighted by atomic mass is 10.0. The van der Waals surface area contributed by atoms with Gasteiger partial charge in [-0.2, -0.15) is 0 Å². The third kappa shape index (κ3) is 4.95. The van der Waals surface area contributed by atoms with Gasteiger partial charge in [0.05, 0.1) is 13.0 Å². The van der Waals surface area contributed by atoms with Crippen LogP contribution in [-0.2, 0) is 17.8 Å². The number of carbonyl (C=O) groups excluding carboxylic acids is 2. The Labute approximate surface area is 175 Å². The fraction of sp³-hybridized carbons (Fsp3) is 0.304. The van der Waals surface area contributed by atoms with Crippen LogP contribution in [0.4, 0.5) is 0 Å². The summed E-state index contributed by atoms with van der Waals surface area (Å²) in [7, 11) is 0. The SMILES string of the molecule is O=C(N[C@@H]1CCCN(C(=O)Cc2ccccc2)C1)c1cccn1Cc1cccs1. The standard InChI is InChI=1S/C23H25N3O2S/c27-22(15-18-7-2-1-3-8-18)26-13-4-9-19(16-26)24-23(28)21-11-5-12-25(21)17-20-10-6-14-29-20/h1-3,5-8,10-12,14,19H,4,9,13,15-17H2,(H,24,28)/t19-/m1/s1. The Bertz CT molecular complexity index is 950. The number of nitrogens with zero attached hydrogens (tertiary/aromatic N) is 2. The lowest BCUT2D eigenvalue weighted by Gasteiger charge is -2.33. The van der Waals surface area contributed by atoms with Gasteiger partial charge in [0.25, 0.3) is 5.91 Å². The maximum Gasteiger partial charge on any atom is 0.268 e. The summed E-state index contributed by atoms with van der Waals surface area (Å²) in [5.74, 6) is 0.0464. The summed E-state index contributed by atoms with van der Waals surface area (Å²) >= 11 is 1.68. The summed E-state index contributed by atoms with van der Waals surface area (Å²) in [6.07, 6.45) is 4.14. The number of piperidine rings is 1. The fourth-order valence-corrected chi connectivity index (χ4v) is 4.49. The molecule has 1 saturated heterocycles. The maximum absolute atomic E-state index is 12.9. The van der Waals surface area contributed by atoms with Gasteiger partial charge in [0.1, 0.15) is 5.69 Å². The number of hydrogen-bond donors (Lipinski definition) is 1. The van der Waals surface area contributed by atoms with E-state index in [4.69, 9.17) is 0 Å². The van der Waals surface area contributed by atoms with E-state index in [2.05, 4.69) is 11.4 Å². The summed E-state index contributed by atoms with van der Waals surface area (Å²) < 4.78 is 1.97. The van der Waals surface area contributed by atoms with Gasteiger partial charge in [0, 0.05) is 30.2 Å². The normalized spacial score (nSPS) is 16.6. The number of benzene rings is 1. The maximum atomic E-state index is 12.9. The van der Waals surface area contributed by atoms with Gasteiger partial charge in [0.15, 0.2) is 0 Å². The van der Waals surface area contributed by atoms with Crippen molar-refractivity contribution in [3.63, 3.8) is 0 Å². The molecule has 1 fully saturated rings. The summed E-state index contributed by atoms with van der Waals surface area (Å²) in [5.41, 5.74) is 1.68. The Kier molecular flexibility index (Phi) is 6.10. The summed E-state index contributed by atoms with van der Waals surface area (Å²) in [6.45, 7) is 2.02. The highest BCUT2D eigenvalue weighted by atomic mass is 32.1. The van der Waals surface area contributed by atoms with Crippen molar-refractivity contribution in [2.75, 3.05) is 13.1 Å². The van der Waals surface area contributed by atoms with Crippen molar-refractivity contribution in [3.05, 3.63) is 82.3 Å². The number of amides is 2. The Morgan fingerprint density at radius 2 is 1.93 bits per heavy atom. The van der Waals surface area contributed by atoms with E-state index in [9.17, 15) is 9.59 Å². The molecule has 3 aromatic rings. The zero-order valence-electron chi connectivity index (χ0n) is 16.3.